The summed E-state index contributed by atoms with van der Waals surface area (Å²) in [6, 6.07) is 10.9. The maximum Gasteiger partial charge on any atom is 0.265 e. The Morgan fingerprint density at radius 1 is 1.21 bits per heavy atom. The van der Waals surface area contributed by atoms with E-state index in [1.807, 2.05) is 68.8 Å². The van der Waals surface area contributed by atoms with Gasteiger partial charge in [0.05, 0.1) is 17.5 Å². The number of carbonyl (C=O) groups excluding carboxylic acids is 2. The average Bonchev–Trinajstić information content (AvgIpc) is 3.18. The number of aromatic nitrogens is 3. The first-order valence-corrected chi connectivity index (χ1v) is 12.2. The van der Waals surface area contributed by atoms with Crippen LogP contribution in [0.3, 0.4) is 0 Å². The number of carbonyl (C=O) groups is 2. The van der Waals surface area contributed by atoms with Crippen LogP contribution >= 0.6 is 27.7 Å². The molecule has 1 atom stereocenters. The summed E-state index contributed by atoms with van der Waals surface area (Å²) in [5.74, 6) is 1.21. The van der Waals surface area contributed by atoms with Crippen LogP contribution in [0, 0.1) is 13.8 Å². The lowest BCUT2D eigenvalue weighted by Gasteiger charge is -2.33. The Morgan fingerprint density at radius 3 is 2.76 bits per heavy atom. The molecule has 10 heteroatoms. The van der Waals surface area contributed by atoms with E-state index in [1.165, 1.54) is 11.8 Å². The number of hydrogen-bond donors (Lipinski definition) is 1. The first-order chi connectivity index (χ1) is 15.8. The second-order valence-corrected chi connectivity index (χ2v) is 9.57. The van der Waals surface area contributed by atoms with E-state index in [0.29, 0.717) is 22.4 Å². The van der Waals surface area contributed by atoms with Crippen LogP contribution in [0.5, 0.6) is 5.75 Å². The molecule has 8 nitrogen and oxygen atoms in total. The number of thioether (sulfide) groups is 1. The molecule has 0 saturated carbocycles. The normalized spacial score (nSPS) is 14.0. The van der Waals surface area contributed by atoms with Crippen molar-refractivity contribution in [3.05, 3.63) is 57.8 Å². The highest BCUT2D eigenvalue weighted by Gasteiger charge is 2.32. The minimum absolute atomic E-state index is 0.0179. The molecule has 2 heterocycles. The summed E-state index contributed by atoms with van der Waals surface area (Å²) in [5, 5.41) is 12.1. The first-order valence-electron chi connectivity index (χ1n) is 10.4. The molecule has 0 fully saturated rings. The number of fused-ring (bicyclic) bond motifs is 1. The number of benzene rings is 2. The molecule has 2 aromatic carbocycles. The van der Waals surface area contributed by atoms with Crippen molar-refractivity contribution in [2.45, 2.75) is 32.0 Å². The molecule has 0 aliphatic carbocycles. The number of ether oxygens (including phenoxy) is 1. The molecule has 0 bridgehead atoms. The second kappa shape index (κ2) is 9.56. The van der Waals surface area contributed by atoms with Gasteiger partial charge in [0.25, 0.3) is 5.91 Å². The zero-order chi connectivity index (χ0) is 23.7. The molecule has 3 aromatic rings. The number of amides is 2. The summed E-state index contributed by atoms with van der Waals surface area (Å²) in [4.78, 5) is 26.9. The van der Waals surface area contributed by atoms with Gasteiger partial charge in [0.1, 0.15) is 5.75 Å². The van der Waals surface area contributed by atoms with E-state index in [2.05, 4.69) is 31.4 Å². The molecule has 4 rings (SSSR count). The molecule has 172 valence electrons. The van der Waals surface area contributed by atoms with Crippen LogP contribution < -0.4 is 15.0 Å². The summed E-state index contributed by atoms with van der Waals surface area (Å²) >= 11 is 4.80. The van der Waals surface area contributed by atoms with Gasteiger partial charge in [-0.2, -0.15) is 0 Å². The third-order valence-corrected chi connectivity index (χ3v) is 7.58. The molecule has 1 N–H and O–H groups in total. The predicted octanol–water partition coefficient (Wildman–Crippen LogP) is 4.41. The molecule has 0 unspecified atom stereocenters. The van der Waals surface area contributed by atoms with Gasteiger partial charge in [0, 0.05) is 17.2 Å². The lowest BCUT2D eigenvalue weighted by Crippen LogP contribution is -2.41. The molecule has 33 heavy (non-hydrogen) atoms. The number of nitrogens with zero attached hydrogens (tertiary/aromatic N) is 4. The maximum atomic E-state index is 12.6. The topological polar surface area (TPSA) is 89.3 Å². The molecule has 0 saturated heterocycles. The summed E-state index contributed by atoms with van der Waals surface area (Å²) in [6.07, 6.45) is 0. The van der Waals surface area contributed by atoms with Crippen LogP contribution in [0.25, 0.3) is 0 Å². The van der Waals surface area contributed by atoms with Crippen LogP contribution in [-0.4, -0.2) is 38.9 Å². The molecule has 1 aliphatic heterocycles. The van der Waals surface area contributed by atoms with Crippen LogP contribution in [0.1, 0.15) is 29.9 Å². The van der Waals surface area contributed by atoms with E-state index in [-0.39, 0.29) is 30.2 Å². The first kappa shape index (κ1) is 23.3. The van der Waals surface area contributed by atoms with Crippen LogP contribution in [0.15, 0.2) is 46.0 Å². The van der Waals surface area contributed by atoms with Crippen molar-refractivity contribution in [1.29, 1.82) is 0 Å². The molecule has 2 amide bonds. The fraction of sp³-hybridized carbons (Fsp3) is 0.304. The summed E-state index contributed by atoms with van der Waals surface area (Å²) in [6.45, 7) is 5.87. The van der Waals surface area contributed by atoms with Gasteiger partial charge >= 0.3 is 0 Å². The van der Waals surface area contributed by atoms with Gasteiger partial charge in [-0.25, -0.2) is 0 Å². The van der Waals surface area contributed by atoms with E-state index in [1.54, 1.807) is 4.90 Å². The number of anilines is 2. The van der Waals surface area contributed by atoms with E-state index < -0.39 is 0 Å². The number of para-hydroxylation sites is 2. The number of halogens is 1. The van der Waals surface area contributed by atoms with Gasteiger partial charge in [-0.3, -0.25) is 14.5 Å². The van der Waals surface area contributed by atoms with Gasteiger partial charge < -0.3 is 14.6 Å². The Kier molecular flexibility index (Phi) is 6.76. The highest BCUT2D eigenvalue weighted by molar-refractivity contribution is 9.10. The highest BCUT2D eigenvalue weighted by Crippen LogP contribution is 2.37. The monoisotopic (exact) mass is 529 g/mol. The molecule has 0 radical (unpaired) electrons. The van der Waals surface area contributed by atoms with Gasteiger partial charge in [0.15, 0.2) is 17.6 Å². The molecule has 0 spiro atoms. The van der Waals surface area contributed by atoms with Crippen molar-refractivity contribution in [2.24, 2.45) is 7.05 Å². The Bertz CT molecular complexity index is 1230. The zero-order valence-electron chi connectivity index (χ0n) is 18.8. The summed E-state index contributed by atoms with van der Waals surface area (Å²) in [5.41, 5.74) is 3.61. The van der Waals surface area contributed by atoms with Crippen LogP contribution in [0.4, 0.5) is 11.4 Å². The van der Waals surface area contributed by atoms with Crippen molar-refractivity contribution < 1.29 is 14.3 Å². The maximum absolute atomic E-state index is 12.6. The second-order valence-electron chi connectivity index (χ2n) is 7.78. The smallest absolute Gasteiger partial charge is 0.265 e. The molecule has 1 aliphatic rings. The lowest BCUT2D eigenvalue weighted by atomic mass is 10.1. The summed E-state index contributed by atoms with van der Waals surface area (Å²) in [7, 11) is 1.84. The van der Waals surface area contributed by atoms with Gasteiger partial charge in [-0.05, 0) is 56.2 Å². The summed E-state index contributed by atoms with van der Waals surface area (Å²) < 4.78 is 8.37. The number of nitrogens with one attached hydrogen (secondary N) is 1. The van der Waals surface area contributed by atoms with Crippen molar-refractivity contribution in [3.63, 3.8) is 0 Å². The van der Waals surface area contributed by atoms with Crippen molar-refractivity contribution in [1.82, 2.24) is 14.8 Å². The van der Waals surface area contributed by atoms with E-state index in [9.17, 15) is 9.59 Å². The standard InChI is InChI=1S/C23H24BrN5O3S/c1-13-14(2)17(10-9-16(13)24)25-20(30)12-33-23-27-26-22(28(23)4)15(3)29-18-7-5-6-8-19(18)32-11-21(29)31/h5-10,15H,11-12H2,1-4H3,(H,25,30)/t15-/m1/s1. The van der Waals surface area contributed by atoms with Crippen molar-refractivity contribution in [3.8, 4) is 5.75 Å². The third-order valence-electron chi connectivity index (χ3n) is 5.70. The minimum atomic E-state index is -0.350. The molecular formula is C23H24BrN5O3S. The van der Waals surface area contributed by atoms with E-state index in [4.69, 9.17) is 4.74 Å². The van der Waals surface area contributed by atoms with Crippen molar-refractivity contribution in [2.75, 3.05) is 22.6 Å². The fourth-order valence-corrected chi connectivity index (χ4v) is 4.86. The number of rotatable bonds is 6. The average molecular weight is 530 g/mol. The van der Waals surface area contributed by atoms with E-state index in [0.717, 1.165) is 21.3 Å². The van der Waals surface area contributed by atoms with Gasteiger partial charge in [0.2, 0.25) is 5.91 Å². The quantitative estimate of drug-likeness (QED) is 0.475. The molecule has 1 aromatic heterocycles. The SMILES string of the molecule is Cc1c(Br)ccc(NC(=O)CSc2nnc([C@@H](C)N3C(=O)COc4ccccc43)n2C)c1C. The largest absolute Gasteiger partial charge is 0.482 e. The predicted molar refractivity (Wildman–Crippen MR) is 132 cm³/mol. The Hall–Kier alpha value is -2.85. The minimum Gasteiger partial charge on any atom is -0.482 e. The Balaban J connectivity index is 1.46. The van der Waals surface area contributed by atoms with Crippen molar-refractivity contribution >= 4 is 50.9 Å². The van der Waals surface area contributed by atoms with Gasteiger partial charge in [-0.15, -0.1) is 10.2 Å². The lowest BCUT2D eigenvalue weighted by molar-refractivity contribution is -0.121. The number of hydrogen-bond acceptors (Lipinski definition) is 6. The fourth-order valence-electron chi connectivity index (χ4n) is 3.72. The zero-order valence-corrected chi connectivity index (χ0v) is 21.2. The van der Waals surface area contributed by atoms with Crippen LogP contribution in [0.2, 0.25) is 0 Å². The third kappa shape index (κ3) is 4.63. The molecular weight excluding hydrogens is 506 g/mol. The Labute approximate surface area is 204 Å². The van der Waals surface area contributed by atoms with Crippen LogP contribution in [-0.2, 0) is 16.6 Å². The Morgan fingerprint density at radius 2 is 1.97 bits per heavy atom. The van der Waals surface area contributed by atoms with E-state index >= 15 is 0 Å². The highest BCUT2D eigenvalue weighted by atomic mass is 79.9. The van der Waals surface area contributed by atoms with Gasteiger partial charge in [-0.1, -0.05) is 39.8 Å².